The lowest BCUT2D eigenvalue weighted by Gasteiger charge is -2.35. The van der Waals surface area contributed by atoms with Crippen molar-refractivity contribution in [2.24, 2.45) is 17.6 Å². The lowest BCUT2D eigenvalue weighted by atomic mass is 9.79. The molecule has 20 heavy (non-hydrogen) atoms. The average Bonchev–Trinajstić information content (AvgIpc) is 2.92. The predicted molar refractivity (Wildman–Crippen MR) is 84.7 cm³/mol. The smallest absolute Gasteiger partial charge is 0.00795 e. The summed E-state index contributed by atoms with van der Waals surface area (Å²) >= 11 is 0. The lowest BCUT2D eigenvalue weighted by molar-refractivity contribution is 0.179. The molecule has 2 N–H and O–H groups in total. The van der Waals surface area contributed by atoms with Crippen molar-refractivity contribution in [3.8, 4) is 0 Å². The fourth-order valence-electron chi connectivity index (χ4n) is 4.06. The van der Waals surface area contributed by atoms with E-state index in [1.807, 2.05) is 0 Å². The van der Waals surface area contributed by atoms with E-state index in [4.69, 9.17) is 5.73 Å². The SMILES string of the molecule is CC1CCC(N)C(CN2CCC(c3ccccc3)C2)C1. The molecule has 0 radical (unpaired) electrons. The van der Waals surface area contributed by atoms with Crippen LogP contribution in [0.2, 0.25) is 0 Å². The molecule has 2 aliphatic rings. The zero-order valence-electron chi connectivity index (χ0n) is 12.7. The Bertz CT molecular complexity index is 417. The van der Waals surface area contributed by atoms with Crippen molar-refractivity contribution in [3.05, 3.63) is 35.9 Å². The molecule has 4 unspecified atom stereocenters. The van der Waals surface area contributed by atoms with Gasteiger partial charge in [-0.25, -0.2) is 0 Å². The standard InChI is InChI=1S/C18H28N2/c1-14-7-8-18(19)17(11-14)13-20-10-9-16(12-20)15-5-3-2-4-6-15/h2-6,14,16-18H,7-13,19H2,1H3. The molecule has 0 aromatic heterocycles. The summed E-state index contributed by atoms with van der Waals surface area (Å²) in [4.78, 5) is 2.65. The number of rotatable bonds is 3. The summed E-state index contributed by atoms with van der Waals surface area (Å²) < 4.78 is 0. The van der Waals surface area contributed by atoms with Crippen LogP contribution < -0.4 is 5.73 Å². The van der Waals surface area contributed by atoms with Crippen molar-refractivity contribution < 1.29 is 0 Å². The number of hydrogen-bond donors (Lipinski definition) is 1. The number of likely N-dealkylation sites (tertiary alicyclic amines) is 1. The summed E-state index contributed by atoms with van der Waals surface area (Å²) in [5, 5.41) is 0. The average molecular weight is 272 g/mol. The Kier molecular flexibility index (Phi) is 4.42. The maximum absolute atomic E-state index is 6.34. The van der Waals surface area contributed by atoms with Crippen LogP contribution in [0, 0.1) is 11.8 Å². The van der Waals surface area contributed by atoms with Crippen molar-refractivity contribution in [2.75, 3.05) is 19.6 Å². The number of hydrogen-bond acceptors (Lipinski definition) is 2. The van der Waals surface area contributed by atoms with Crippen molar-refractivity contribution in [1.29, 1.82) is 0 Å². The highest BCUT2D eigenvalue weighted by Gasteiger charge is 2.30. The normalized spacial score (nSPS) is 35.3. The molecule has 2 fully saturated rings. The van der Waals surface area contributed by atoms with Gasteiger partial charge in [0, 0.05) is 19.1 Å². The molecule has 1 saturated heterocycles. The second-order valence-corrected chi connectivity index (χ2v) is 7.00. The van der Waals surface area contributed by atoms with Crippen LogP contribution in [-0.2, 0) is 0 Å². The van der Waals surface area contributed by atoms with Crippen LogP contribution in [0.4, 0.5) is 0 Å². The largest absolute Gasteiger partial charge is 0.327 e. The van der Waals surface area contributed by atoms with Crippen LogP contribution in [0.15, 0.2) is 30.3 Å². The summed E-state index contributed by atoms with van der Waals surface area (Å²) in [5.74, 6) is 2.31. The topological polar surface area (TPSA) is 29.3 Å². The molecule has 1 aliphatic heterocycles. The van der Waals surface area contributed by atoms with E-state index in [1.165, 1.54) is 50.9 Å². The minimum absolute atomic E-state index is 0.432. The highest BCUT2D eigenvalue weighted by molar-refractivity contribution is 5.21. The molecular formula is C18H28N2. The monoisotopic (exact) mass is 272 g/mol. The Labute approximate surface area is 123 Å². The van der Waals surface area contributed by atoms with Crippen LogP contribution >= 0.6 is 0 Å². The second kappa shape index (κ2) is 6.28. The molecule has 1 heterocycles. The molecule has 1 aliphatic carbocycles. The first kappa shape index (κ1) is 14.1. The van der Waals surface area contributed by atoms with Gasteiger partial charge in [-0.05, 0) is 55.5 Å². The summed E-state index contributed by atoms with van der Waals surface area (Å²) in [6.45, 7) is 6.07. The van der Waals surface area contributed by atoms with Crippen molar-refractivity contribution in [1.82, 2.24) is 4.90 Å². The molecule has 1 aromatic carbocycles. The summed E-state index contributed by atoms with van der Waals surface area (Å²) in [5.41, 5.74) is 7.85. The quantitative estimate of drug-likeness (QED) is 0.915. The van der Waals surface area contributed by atoms with Gasteiger partial charge in [0.2, 0.25) is 0 Å². The van der Waals surface area contributed by atoms with Gasteiger partial charge in [-0.2, -0.15) is 0 Å². The van der Waals surface area contributed by atoms with Gasteiger partial charge >= 0.3 is 0 Å². The van der Waals surface area contributed by atoms with Crippen LogP contribution in [0.5, 0.6) is 0 Å². The van der Waals surface area contributed by atoms with Gasteiger partial charge in [-0.1, -0.05) is 37.3 Å². The van der Waals surface area contributed by atoms with E-state index in [-0.39, 0.29) is 0 Å². The third-order valence-electron chi connectivity index (χ3n) is 5.34. The minimum atomic E-state index is 0.432. The van der Waals surface area contributed by atoms with E-state index in [0.717, 1.165) is 11.8 Å². The van der Waals surface area contributed by atoms with E-state index >= 15 is 0 Å². The highest BCUT2D eigenvalue weighted by atomic mass is 15.1. The van der Waals surface area contributed by atoms with Crippen LogP contribution in [0.1, 0.15) is 44.1 Å². The molecule has 2 heteroatoms. The Morgan fingerprint density at radius 2 is 1.95 bits per heavy atom. The van der Waals surface area contributed by atoms with E-state index in [0.29, 0.717) is 12.0 Å². The van der Waals surface area contributed by atoms with Gasteiger partial charge in [-0.15, -0.1) is 0 Å². The van der Waals surface area contributed by atoms with E-state index < -0.39 is 0 Å². The van der Waals surface area contributed by atoms with E-state index in [9.17, 15) is 0 Å². The number of nitrogens with two attached hydrogens (primary N) is 1. The van der Waals surface area contributed by atoms with Gasteiger partial charge < -0.3 is 10.6 Å². The fraction of sp³-hybridized carbons (Fsp3) is 0.667. The third-order valence-corrected chi connectivity index (χ3v) is 5.34. The first-order valence-electron chi connectivity index (χ1n) is 8.25. The molecule has 2 nitrogen and oxygen atoms in total. The molecular weight excluding hydrogens is 244 g/mol. The van der Waals surface area contributed by atoms with E-state index in [2.05, 4.69) is 42.2 Å². The first-order valence-corrected chi connectivity index (χ1v) is 8.25. The molecule has 110 valence electrons. The lowest BCUT2D eigenvalue weighted by Crippen LogP contribution is -2.42. The van der Waals surface area contributed by atoms with E-state index in [1.54, 1.807) is 0 Å². The molecule has 3 rings (SSSR count). The Morgan fingerprint density at radius 3 is 2.75 bits per heavy atom. The van der Waals surface area contributed by atoms with Crippen LogP contribution in [0.25, 0.3) is 0 Å². The second-order valence-electron chi connectivity index (χ2n) is 7.00. The molecule has 4 atom stereocenters. The van der Waals surface area contributed by atoms with Gasteiger partial charge in [0.25, 0.3) is 0 Å². The molecule has 0 amide bonds. The van der Waals surface area contributed by atoms with Gasteiger partial charge in [-0.3, -0.25) is 0 Å². The van der Waals surface area contributed by atoms with Crippen LogP contribution in [-0.4, -0.2) is 30.6 Å². The fourth-order valence-corrected chi connectivity index (χ4v) is 4.06. The molecule has 0 spiro atoms. The number of benzene rings is 1. The van der Waals surface area contributed by atoms with Crippen molar-refractivity contribution in [2.45, 2.75) is 44.6 Å². The number of nitrogens with zero attached hydrogens (tertiary/aromatic N) is 1. The highest BCUT2D eigenvalue weighted by Crippen LogP contribution is 2.32. The van der Waals surface area contributed by atoms with Crippen LogP contribution in [0.3, 0.4) is 0 Å². The minimum Gasteiger partial charge on any atom is -0.327 e. The summed E-state index contributed by atoms with van der Waals surface area (Å²) in [7, 11) is 0. The molecule has 1 aromatic rings. The van der Waals surface area contributed by atoms with Gasteiger partial charge in [0.05, 0.1) is 0 Å². The summed E-state index contributed by atoms with van der Waals surface area (Å²) in [6, 6.07) is 11.4. The Hall–Kier alpha value is -0.860. The first-order chi connectivity index (χ1) is 9.72. The molecule has 0 bridgehead atoms. The maximum atomic E-state index is 6.34. The Morgan fingerprint density at radius 1 is 1.15 bits per heavy atom. The summed E-state index contributed by atoms with van der Waals surface area (Å²) in [6.07, 6.45) is 5.18. The zero-order chi connectivity index (χ0) is 13.9. The molecule has 1 saturated carbocycles. The zero-order valence-corrected chi connectivity index (χ0v) is 12.7. The maximum Gasteiger partial charge on any atom is 0.00795 e. The predicted octanol–water partition coefficient (Wildman–Crippen LogP) is 3.24. The third kappa shape index (κ3) is 3.24. The Balaban J connectivity index is 1.55. The van der Waals surface area contributed by atoms with Crippen molar-refractivity contribution in [3.63, 3.8) is 0 Å². The van der Waals surface area contributed by atoms with Gasteiger partial charge in [0.1, 0.15) is 0 Å². The van der Waals surface area contributed by atoms with Gasteiger partial charge in [0.15, 0.2) is 0 Å². The van der Waals surface area contributed by atoms with Crippen molar-refractivity contribution >= 4 is 0 Å².